The highest BCUT2D eigenvalue weighted by Crippen LogP contribution is 2.39. The van der Waals surface area contributed by atoms with Gasteiger partial charge in [0.1, 0.15) is 16.5 Å². The summed E-state index contributed by atoms with van der Waals surface area (Å²) in [6.45, 7) is 0.108. The highest BCUT2D eigenvalue weighted by molar-refractivity contribution is 7.91. The number of thiophene rings is 1. The van der Waals surface area contributed by atoms with E-state index in [4.69, 9.17) is 14.7 Å². The first-order chi connectivity index (χ1) is 12.9. The van der Waals surface area contributed by atoms with Gasteiger partial charge in [-0.2, -0.15) is 4.72 Å². The van der Waals surface area contributed by atoms with E-state index in [2.05, 4.69) is 9.71 Å². The van der Waals surface area contributed by atoms with Crippen LogP contribution in [0.5, 0.6) is 0 Å². The van der Waals surface area contributed by atoms with E-state index in [1.54, 1.807) is 29.9 Å². The van der Waals surface area contributed by atoms with Crippen LogP contribution in [0.2, 0.25) is 0 Å². The lowest BCUT2D eigenvalue weighted by Crippen LogP contribution is -2.57. The molecule has 1 saturated heterocycles. The van der Waals surface area contributed by atoms with Crippen molar-refractivity contribution in [1.29, 1.82) is 0 Å². The van der Waals surface area contributed by atoms with Crippen LogP contribution in [0.3, 0.4) is 0 Å². The van der Waals surface area contributed by atoms with Crippen LogP contribution < -0.4 is 10.2 Å². The number of pyridine rings is 1. The van der Waals surface area contributed by atoms with E-state index in [1.165, 1.54) is 6.07 Å². The predicted octanol–water partition coefficient (Wildman–Crippen LogP) is 0.868. The van der Waals surface area contributed by atoms with E-state index in [9.17, 15) is 13.2 Å². The Morgan fingerprint density at radius 3 is 2.59 bits per heavy atom. The predicted molar refractivity (Wildman–Crippen MR) is 94.4 cm³/mol. The molecule has 1 aliphatic carbocycles. The molecule has 1 saturated carbocycles. The number of carbonyl (C=O) groups is 1. The van der Waals surface area contributed by atoms with Crippen LogP contribution in [0.25, 0.3) is 10.6 Å². The molecule has 2 aromatic rings. The highest BCUT2D eigenvalue weighted by Gasteiger charge is 2.55. The van der Waals surface area contributed by atoms with Crippen LogP contribution >= 0.6 is 11.3 Å². The Kier molecular flexibility index (Phi) is 4.74. The van der Waals surface area contributed by atoms with Gasteiger partial charge in [-0.25, -0.2) is 13.9 Å². The third-order valence-corrected chi connectivity index (χ3v) is 7.84. The number of amides is 1. The standard InChI is InChI=1S/C16H17N3O6S2/c20-15(18-21)16(7-11-12(8-16)25-9-24-11)19-27(22,23)14-5-4-13(26-14)10-3-1-2-6-17-10/h1-6,11-12,19,21H,7-9H2,(H,18,20). The lowest BCUT2D eigenvalue weighted by molar-refractivity contribution is -0.136. The van der Waals surface area contributed by atoms with Crippen molar-refractivity contribution < 1.29 is 27.9 Å². The molecular weight excluding hydrogens is 394 g/mol. The Balaban J connectivity index is 1.62. The van der Waals surface area contributed by atoms with Gasteiger partial charge in [0.05, 0.1) is 22.8 Å². The van der Waals surface area contributed by atoms with E-state index < -0.39 is 33.7 Å². The van der Waals surface area contributed by atoms with E-state index in [0.717, 1.165) is 11.3 Å². The minimum absolute atomic E-state index is 0.0483. The third-order valence-electron chi connectivity index (χ3n) is 4.71. The van der Waals surface area contributed by atoms with Crippen molar-refractivity contribution in [3.05, 3.63) is 36.5 Å². The normalized spacial score (nSPS) is 27.4. The quantitative estimate of drug-likeness (QED) is 0.492. The fraction of sp³-hybridized carbons (Fsp3) is 0.375. The SMILES string of the molecule is O=C(NO)C1(NS(=O)(=O)c2ccc(-c3ccccn3)s2)CC2OCOC2C1. The van der Waals surface area contributed by atoms with Gasteiger partial charge in [0.25, 0.3) is 15.9 Å². The molecule has 3 heterocycles. The Morgan fingerprint density at radius 1 is 1.22 bits per heavy atom. The molecule has 9 nitrogen and oxygen atoms in total. The van der Waals surface area contributed by atoms with Crippen molar-refractivity contribution >= 4 is 27.3 Å². The van der Waals surface area contributed by atoms with Crippen molar-refractivity contribution in [2.24, 2.45) is 0 Å². The van der Waals surface area contributed by atoms with Gasteiger partial charge in [0.2, 0.25) is 0 Å². The third kappa shape index (κ3) is 3.37. The fourth-order valence-electron chi connectivity index (χ4n) is 3.42. The molecule has 2 fully saturated rings. The van der Waals surface area contributed by atoms with Crippen LogP contribution in [0, 0.1) is 0 Å². The number of sulfonamides is 1. The number of nitrogens with zero attached hydrogens (tertiary/aromatic N) is 1. The molecule has 2 unspecified atom stereocenters. The number of hydroxylamine groups is 1. The van der Waals surface area contributed by atoms with Crippen molar-refractivity contribution in [3.8, 4) is 10.6 Å². The molecule has 0 aromatic carbocycles. The fourth-order valence-corrected chi connectivity index (χ4v) is 6.09. The first-order valence-electron chi connectivity index (χ1n) is 8.16. The van der Waals surface area contributed by atoms with E-state index >= 15 is 0 Å². The number of fused-ring (bicyclic) bond motifs is 1. The van der Waals surface area contributed by atoms with Gasteiger partial charge in [-0.3, -0.25) is 15.0 Å². The average molecular weight is 411 g/mol. The molecule has 27 heavy (non-hydrogen) atoms. The second-order valence-corrected chi connectivity index (χ2v) is 9.39. The molecular formula is C16H17N3O6S2. The maximum Gasteiger partial charge on any atom is 0.264 e. The van der Waals surface area contributed by atoms with Crippen LogP contribution in [0.4, 0.5) is 0 Å². The zero-order chi connectivity index (χ0) is 19.1. The molecule has 4 rings (SSSR count). The monoisotopic (exact) mass is 411 g/mol. The number of ether oxygens (including phenoxy) is 2. The number of nitrogens with one attached hydrogen (secondary N) is 2. The molecule has 0 spiro atoms. The molecule has 0 bridgehead atoms. The summed E-state index contributed by atoms with van der Waals surface area (Å²) >= 11 is 1.05. The Bertz CT molecular complexity index is 934. The summed E-state index contributed by atoms with van der Waals surface area (Å²) in [6, 6.07) is 8.49. The molecule has 0 radical (unpaired) electrons. The van der Waals surface area contributed by atoms with Crippen molar-refractivity contribution in [3.63, 3.8) is 0 Å². The molecule has 1 aliphatic heterocycles. The minimum Gasteiger partial charge on any atom is -0.349 e. The molecule has 2 aromatic heterocycles. The molecule has 11 heteroatoms. The van der Waals surface area contributed by atoms with Crippen LogP contribution in [0.15, 0.2) is 40.7 Å². The van der Waals surface area contributed by atoms with Gasteiger partial charge in [-0.15, -0.1) is 11.3 Å². The summed E-state index contributed by atoms with van der Waals surface area (Å²) in [5.41, 5.74) is 0.672. The second-order valence-electron chi connectivity index (χ2n) is 6.40. The molecule has 1 amide bonds. The lowest BCUT2D eigenvalue weighted by atomic mass is 9.98. The summed E-state index contributed by atoms with van der Waals surface area (Å²) in [5, 5.41) is 9.12. The van der Waals surface area contributed by atoms with Crippen LogP contribution in [0.1, 0.15) is 12.8 Å². The van der Waals surface area contributed by atoms with Crippen LogP contribution in [-0.2, 0) is 24.3 Å². The summed E-state index contributed by atoms with van der Waals surface area (Å²) in [6.07, 6.45) is 0.956. The maximum atomic E-state index is 12.9. The number of hydrogen-bond donors (Lipinski definition) is 3. The van der Waals surface area contributed by atoms with E-state index in [1.807, 2.05) is 6.07 Å². The second kappa shape index (κ2) is 6.93. The summed E-state index contributed by atoms with van der Waals surface area (Å²) in [4.78, 5) is 17.2. The maximum absolute atomic E-state index is 12.9. The first kappa shape index (κ1) is 18.5. The van der Waals surface area contributed by atoms with E-state index in [0.29, 0.717) is 10.6 Å². The topological polar surface area (TPSA) is 127 Å². The molecule has 2 atom stereocenters. The van der Waals surface area contributed by atoms with Crippen molar-refractivity contribution in [2.45, 2.75) is 34.8 Å². The van der Waals surface area contributed by atoms with Gasteiger partial charge in [-0.05, 0) is 24.3 Å². The molecule has 3 N–H and O–H groups in total. The Morgan fingerprint density at radius 2 is 1.96 bits per heavy atom. The summed E-state index contributed by atoms with van der Waals surface area (Å²) in [5.74, 6) is -0.839. The van der Waals surface area contributed by atoms with Gasteiger partial charge >= 0.3 is 0 Å². The Hall–Kier alpha value is -1.89. The number of rotatable bonds is 5. The molecule has 2 aliphatic rings. The van der Waals surface area contributed by atoms with Crippen molar-refractivity contribution in [1.82, 2.24) is 15.2 Å². The zero-order valence-electron chi connectivity index (χ0n) is 14.0. The Labute approximate surface area is 159 Å². The van der Waals surface area contributed by atoms with Gasteiger partial charge in [0, 0.05) is 19.0 Å². The largest absolute Gasteiger partial charge is 0.349 e. The lowest BCUT2D eigenvalue weighted by Gasteiger charge is -2.27. The number of carbonyl (C=O) groups excluding carboxylic acids is 1. The average Bonchev–Trinajstić information content (AvgIpc) is 3.37. The number of aromatic nitrogens is 1. The van der Waals surface area contributed by atoms with Crippen molar-refractivity contribution in [2.75, 3.05) is 6.79 Å². The first-order valence-corrected chi connectivity index (χ1v) is 10.5. The van der Waals surface area contributed by atoms with Gasteiger partial charge in [-0.1, -0.05) is 6.07 Å². The summed E-state index contributed by atoms with van der Waals surface area (Å²) in [7, 11) is -4.02. The van der Waals surface area contributed by atoms with Gasteiger partial charge in [0.15, 0.2) is 0 Å². The van der Waals surface area contributed by atoms with Gasteiger partial charge < -0.3 is 9.47 Å². The molecule has 144 valence electrons. The summed E-state index contributed by atoms with van der Waals surface area (Å²) < 4.78 is 39.1. The number of hydrogen-bond acceptors (Lipinski definition) is 8. The smallest absolute Gasteiger partial charge is 0.264 e. The zero-order valence-corrected chi connectivity index (χ0v) is 15.6. The van der Waals surface area contributed by atoms with Crippen LogP contribution in [-0.4, -0.2) is 49.1 Å². The van der Waals surface area contributed by atoms with E-state index in [-0.39, 0.29) is 23.8 Å². The highest BCUT2D eigenvalue weighted by atomic mass is 32.2. The minimum atomic E-state index is -4.02.